The normalized spacial score (nSPS) is 11.3. The van der Waals surface area contributed by atoms with E-state index in [1.165, 1.54) is 0 Å². The number of aryl methyl sites for hydroxylation is 1. The Bertz CT molecular complexity index is 378. The minimum absolute atomic E-state index is 0.0129. The molecule has 1 rings (SSSR count). The van der Waals surface area contributed by atoms with E-state index >= 15 is 0 Å². The summed E-state index contributed by atoms with van der Waals surface area (Å²) in [6, 6.07) is 1.87. The minimum Gasteiger partial charge on any atom is -0.329 e. The van der Waals surface area contributed by atoms with E-state index in [0.717, 1.165) is 24.1 Å². The van der Waals surface area contributed by atoms with Gasteiger partial charge in [-0.15, -0.1) is 0 Å². The molecule has 0 fully saturated rings. The number of nitrogens with zero attached hydrogens (tertiary/aromatic N) is 1. The highest BCUT2D eigenvalue weighted by Gasteiger charge is 2.33. The van der Waals surface area contributed by atoms with Gasteiger partial charge < -0.3 is 11.1 Å². The standard InChI is InChI=1S/C13H21N3O/c1-4-13(5-2,9-14)12(17)16-11-8-15-7-6-10(11)3/h6-8H,4-5,9,14H2,1-3H3,(H,16,17). The van der Waals surface area contributed by atoms with Crippen LogP contribution in [0.3, 0.4) is 0 Å². The number of carbonyl (C=O) groups is 1. The average Bonchev–Trinajstić information content (AvgIpc) is 2.35. The first-order valence-electron chi connectivity index (χ1n) is 6.01. The van der Waals surface area contributed by atoms with Crippen molar-refractivity contribution in [1.29, 1.82) is 0 Å². The first-order chi connectivity index (χ1) is 8.09. The molecule has 0 radical (unpaired) electrons. The van der Waals surface area contributed by atoms with Gasteiger partial charge in [-0.3, -0.25) is 9.78 Å². The summed E-state index contributed by atoms with van der Waals surface area (Å²) in [5.41, 5.74) is 7.04. The highest BCUT2D eigenvalue weighted by molar-refractivity contribution is 5.95. The third-order valence-electron chi connectivity index (χ3n) is 3.51. The number of amides is 1. The van der Waals surface area contributed by atoms with Crippen LogP contribution < -0.4 is 11.1 Å². The van der Waals surface area contributed by atoms with E-state index in [4.69, 9.17) is 5.73 Å². The molecule has 0 unspecified atom stereocenters. The zero-order valence-electron chi connectivity index (χ0n) is 10.8. The molecule has 1 aromatic rings. The SMILES string of the molecule is CCC(CC)(CN)C(=O)Nc1cnccc1C. The van der Waals surface area contributed by atoms with Gasteiger partial charge >= 0.3 is 0 Å². The van der Waals surface area contributed by atoms with Gasteiger partial charge in [0.25, 0.3) is 0 Å². The fraction of sp³-hybridized carbons (Fsp3) is 0.538. The van der Waals surface area contributed by atoms with Gasteiger partial charge in [0.1, 0.15) is 0 Å². The Hall–Kier alpha value is -1.42. The quantitative estimate of drug-likeness (QED) is 0.821. The van der Waals surface area contributed by atoms with Crippen molar-refractivity contribution in [2.45, 2.75) is 33.6 Å². The van der Waals surface area contributed by atoms with Crippen LogP contribution in [0.4, 0.5) is 5.69 Å². The molecule has 94 valence electrons. The molecule has 0 saturated carbocycles. The number of aromatic nitrogens is 1. The molecule has 0 aliphatic heterocycles. The highest BCUT2D eigenvalue weighted by Crippen LogP contribution is 2.27. The molecule has 1 aromatic heterocycles. The Morgan fingerprint density at radius 2 is 2.12 bits per heavy atom. The molecule has 0 atom stereocenters. The number of nitrogens with two attached hydrogens (primary N) is 1. The number of rotatable bonds is 5. The molecule has 3 N–H and O–H groups in total. The van der Waals surface area contributed by atoms with Gasteiger partial charge in [0.2, 0.25) is 5.91 Å². The van der Waals surface area contributed by atoms with Crippen molar-refractivity contribution >= 4 is 11.6 Å². The number of hydrogen-bond acceptors (Lipinski definition) is 3. The van der Waals surface area contributed by atoms with Gasteiger partial charge in [0.05, 0.1) is 17.3 Å². The Labute approximate surface area is 103 Å². The second-order valence-electron chi connectivity index (χ2n) is 4.34. The van der Waals surface area contributed by atoms with Crippen LogP contribution in [-0.4, -0.2) is 17.4 Å². The lowest BCUT2D eigenvalue weighted by Gasteiger charge is -2.28. The molecule has 4 heteroatoms. The van der Waals surface area contributed by atoms with E-state index in [9.17, 15) is 4.79 Å². The largest absolute Gasteiger partial charge is 0.329 e. The Balaban J connectivity index is 2.88. The van der Waals surface area contributed by atoms with E-state index in [0.29, 0.717) is 6.54 Å². The molecule has 0 saturated heterocycles. The van der Waals surface area contributed by atoms with Crippen LogP contribution in [0.5, 0.6) is 0 Å². The van der Waals surface area contributed by atoms with Crippen molar-refractivity contribution < 1.29 is 4.79 Å². The van der Waals surface area contributed by atoms with E-state index in [-0.39, 0.29) is 5.91 Å². The third-order valence-corrected chi connectivity index (χ3v) is 3.51. The molecule has 1 amide bonds. The molecule has 0 aliphatic rings. The highest BCUT2D eigenvalue weighted by atomic mass is 16.2. The monoisotopic (exact) mass is 235 g/mol. The first-order valence-corrected chi connectivity index (χ1v) is 6.01. The molecular formula is C13H21N3O. The van der Waals surface area contributed by atoms with Crippen molar-refractivity contribution in [2.24, 2.45) is 11.1 Å². The Morgan fingerprint density at radius 1 is 1.47 bits per heavy atom. The van der Waals surface area contributed by atoms with E-state index in [2.05, 4.69) is 10.3 Å². The van der Waals surface area contributed by atoms with Crippen LogP contribution >= 0.6 is 0 Å². The summed E-state index contributed by atoms with van der Waals surface area (Å²) in [7, 11) is 0. The van der Waals surface area contributed by atoms with Crippen molar-refractivity contribution in [1.82, 2.24) is 4.98 Å². The number of hydrogen-bond donors (Lipinski definition) is 2. The maximum Gasteiger partial charge on any atom is 0.231 e. The van der Waals surface area contributed by atoms with Crippen molar-refractivity contribution in [2.75, 3.05) is 11.9 Å². The second-order valence-corrected chi connectivity index (χ2v) is 4.34. The zero-order chi connectivity index (χ0) is 12.9. The van der Waals surface area contributed by atoms with E-state index < -0.39 is 5.41 Å². The van der Waals surface area contributed by atoms with Crippen LogP contribution in [0, 0.1) is 12.3 Å². The Kier molecular flexibility index (Phi) is 4.63. The minimum atomic E-state index is -0.470. The molecule has 0 aliphatic carbocycles. The fourth-order valence-electron chi connectivity index (χ4n) is 1.80. The summed E-state index contributed by atoms with van der Waals surface area (Å²) in [5.74, 6) is -0.0129. The van der Waals surface area contributed by atoms with Gasteiger partial charge in [-0.2, -0.15) is 0 Å². The Morgan fingerprint density at radius 3 is 2.59 bits per heavy atom. The molecule has 4 nitrogen and oxygen atoms in total. The number of anilines is 1. The predicted octanol–water partition coefficient (Wildman–Crippen LogP) is 2.09. The van der Waals surface area contributed by atoms with E-state index in [1.54, 1.807) is 12.4 Å². The van der Waals surface area contributed by atoms with Gasteiger partial charge in [-0.25, -0.2) is 0 Å². The van der Waals surface area contributed by atoms with Crippen LogP contribution in [0.15, 0.2) is 18.5 Å². The number of carbonyl (C=O) groups excluding carboxylic acids is 1. The topological polar surface area (TPSA) is 68.0 Å². The maximum atomic E-state index is 12.3. The van der Waals surface area contributed by atoms with Crippen LogP contribution in [0.2, 0.25) is 0 Å². The average molecular weight is 235 g/mol. The zero-order valence-corrected chi connectivity index (χ0v) is 10.8. The summed E-state index contributed by atoms with van der Waals surface area (Å²) >= 11 is 0. The van der Waals surface area contributed by atoms with Crippen LogP contribution in [0.25, 0.3) is 0 Å². The van der Waals surface area contributed by atoms with Crippen LogP contribution in [0.1, 0.15) is 32.3 Å². The molecule has 17 heavy (non-hydrogen) atoms. The van der Waals surface area contributed by atoms with E-state index in [1.807, 2.05) is 26.8 Å². The summed E-state index contributed by atoms with van der Waals surface area (Å²) in [5, 5.41) is 2.92. The maximum absolute atomic E-state index is 12.3. The lowest BCUT2D eigenvalue weighted by atomic mass is 9.81. The third kappa shape index (κ3) is 2.82. The molecule has 1 heterocycles. The van der Waals surface area contributed by atoms with Gasteiger partial charge in [0, 0.05) is 12.7 Å². The summed E-state index contributed by atoms with van der Waals surface area (Å²) in [4.78, 5) is 16.3. The van der Waals surface area contributed by atoms with Crippen LogP contribution in [-0.2, 0) is 4.79 Å². The molecule has 0 bridgehead atoms. The lowest BCUT2D eigenvalue weighted by Crippen LogP contribution is -2.41. The van der Waals surface area contributed by atoms with Crippen molar-refractivity contribution in [3.63, 3.8) is 0 Å². The lowest BCUT2D eigenvalue weighted by molar-refractivity contribution is -0.125. The van der Waals surface area contributed by atoms with Gasteiger partial charge in [-0.05, 0) is 31.4 Å². The first kappa shape index (κ1) is 13.6. The smallest absolute Gasteiger partial charge is 0.231 e. The van der Waals surface area contributed by atoms with Gasteiger partial charge in [0.15, 0.2) is 0 Å². The van der Waals surface area contributed by atoms with Gasteiger partial charge in [-0.1, -0.05) is 13.8 Å². The number of nitrogens with one attached hydrogen (secondary N) is 1. The second kappa shape index (κ2) is 5.77. The predicted molar refractivity (Wildman–Crippen MR) is 69.7 cm³/mol. The summed E-state index contributed by atoms with van der Waals surface area (Å²) in [6.45, 7) is 6.29. The summed E-state index contributed by atoms with van der Waals surface area (Å²) < 4.78 is 0. The fourth-order valence-corrected chi connectivity index (χ4v) is 1.80. The number of pyridine rings is 1. The molecule has 0 aromatic carbocycles. The van der Waals surface area contributed by atoms with Crippen molar-refractivity contribution in [3.8, 4) is 0 Å². The summed E-state index contributed by atoms with van der Waals surface area (Å²) in [6.07, 6.45) is 4.86. The molecule has 0 spiro atoms. The van der Waals surface area contributed by atoms with Crippen molar-refractivity contribution in [3.05, 3.63) is 24.0 Å². The molecular weight excluding hydrogens is 214 g/mol.